The molecule has 0 saturated carbocycles. The van der Waals surface area contributed by atoms with Crippen molar-refractivity contribution in [3.8, 4) is 39.2 Å². The van der Waals surface area contributed by atoms with Gasteiger partial charge in [-0.1, -0.05) is 158 Å². The van der Waals surface area contributed by atoms with Crippen molar-refractivity contribution in [1.82, 2.24) is 9.55 Å². The lowest BCUT2D eigenvalue weighted by atomic mass is 9.82. The molecule has 3 heteroatoms. The summed E-state index contributed by atoms with van der Waals surface area (Å²) in [4.78, 5) is 9.14. The smallest absolute Gasteiger partial charge is 0.195 e. The van der Waals surface area contributed by atoms with E-state index in [2.05, 4.69) is 179 Å². The Morgan fingerprint density at radius 1 is 0.386 bits per heavy atom. The van der Waals surface area contributed by atoms with E-state index in [9.17, 15) is 0 Å². The summed E-state index contributed by atoms with van der Waals surface area (Å²) in [5.41, 5.74) is 11.0. The van der Waals surface area contributed by atoms with Gasteiger partial charge in [-0.25, -0.2) is 9.83 Å². The van der Waals surface area contributed by atoms with Gasteiger partial charge in [-0.05, 0) is 107 Å². The fourth-order valence-corrected chi connectivity index (χ4v) is 9.58. The largest absolute Gasteiger partial charge is 0.294 e. The second kappa shape index (κ2) is 12.1. The molecule has 0 radical (unpaired) electrons. The van der Waals surface area contributed by atoms with Gasteiger partial charge in [-0.3, -0.25) is 4.57 Å². The molecule has 12 rings (SSSR count). The molecule has 2 aromatic heterocycles. The molecule has 0 aliphatic carbocycles. The molecule has 2 heterocycles. The predicted molar refractivity (Wildman–Crippen MR) is 240 cm³/mol. The van der Waals surface area contributed by atoms with Crippen LogP contribution in [0.15, 0.2) is 188 Å². The van der Waals surface area contributed by atoms with E-state index in [-0.39, 0.29) is 0 Å². The normalized spacial score (nSPS) is 11.8. The lowest BCUT2D eigenvalue weighted by Crippen LogP contribution is -1.97. The Bertz CT molecular complexity index is 3590. The van der Waals surface area contributed by atoms with E-state index in [0.29, 0.717) is 5.69 Å². The van der Waals surface area contributed by atoms with Gasteiger partial charge in [0.05, 0.1) is 23.1 Å². The van der Waals surface area contributed by atoms with Gasteiger partial charge in [0.2, 0.25) is 0 Å². The molecule has 10 aromatic carbocycles. The highest BCUT2D eigenvalue weighted by Gasteiger charge is 2.24. The lowest BCUT2D eigenvalue weighted by Gasteiger charge is -2.20. The number of aromatic nitrogens is 2. The Morgan fingerprint density at radius 2 is 0.895 bits per heavy atom. The van der Waals surface area contributed by atoms with E-state index < -0.39 is 0 Å². The second-order valence-corrected chi connectivity index (χ2v) is 14.9. The van der Waals surface area contributed by atoms with Gasteiger partial charge in [0.15, 0.2) is 5.69 Å². The standard InChI is InChI=1S/C54H31N3/c1-55-47-29-31-49-54-45(47)27-26-44-43(28-30-48(53(44)54)57(49)50-32-23-34-15-5-12-22-46(34)56-50)52-40-20-10-8-18-38(40)51(39-19-9-11-21-41(39)52)42-25-24-35(33-13-3-2-4-14-33)36-16-6-7-17-37(36)42/h2-32H. The van der Waals surface area contributed by atoms with Gasteiger partial charge < -0.3 is 0 Å². The van der Waals surface area contributed by atoms with Crippen molar-refractivity contribution in [3.63, 3.8) is 0 Å². The van der Waals surface area contributed by atoms with Crippen LogP contribution in [0.2, 0.25) is 0 Å². The zero-order valence-electron chi connectivity index (χ0n) is 30.7. The second-order valence-electron chi connectivity index (χ2n) is 14.9. The average molecular weight is 722 g/mol. The van der Waals surface area contributed by atoms with Crippen LogP contribution in [0.1, 0.15) is 0 Å². The van der Waals surface area contributed by atoms with Crippen molar-refractivity contribution >= 4 is 81.5 Å². The van der Waals surface area contributed by atoms with Crippen LogP contribution in [-0.4, -0.2) is 9.55 Å². The van der Waals surface area contributed by atoms with E-state index in [4.69, 9.17) is 11.6 Å². The molecule has 57 heavy (non-hydrogen) atoms. The van der Waals surface area contributed by atoms with Crippen molar-refractivity contribution in [2.24, 2.45) is 0 Å². The van der Waals surface area contributed by atoms with Crippen molar-refractivity contribution < 1.29 is 0 Å². The third kappa shape index (κ3) is 4.50. The first-order valence-corrected chi connectivity index (χ1v) is 19.3. The van der Waals surface area contributed by atoms with Gasteiger partial charge in [-0.15, -0.1) is 0 Å². The molecule has 0 saturated heterocycles. The average Bonchev–Trinajstić information content (AvgIpc) is 3.62. The van der Waals surface area contributed by atoms with Crippen LogP contribution in [0.25, 0.3) is 120 Å². The number of hydrogen-bond donors (Lipinski definition) is 0. The van der Waals surface area contributed by atoms with Gasteiger partial charge in [0, 0.05) is 16.2 Å². The van der Waals surface area contributed by atoms with Crippen molar-refractivity contribution in [3.05, 3.63) is 199 Å². The van der Waals surface area contributed by atoms with Crippen LogP contribution < -0.4 is 0 Å². The molecule has 0 aliphatic heterocycles. The number of hydrogen-bond acceptors (Lipinski definition) is 1. The molecule has 3 nitrogen and oxygen atoms in total. The summed E-state index contributed by atoms with van der Waals surface area (Å²) in [6, 6.07) is 67.5. The third-order valence-electron chi connectivity index (χ3n) is 12.0. The number of fused-ring (bicyclic) bond motifs is 4. The molecule has 0 atom stereocenters. The van der Waals surface area contributed by atoms with Crippen LogP contribution in [0.3, 0.4) is 0 Å². The highest BCUT2D eigenvalue weighted by Crippen LogP contribution is 2.50. The molecule has 0 unspecified atom stereocenters. The minimum Gasteiger partial charge on any atom is -0.294 e. The molecule has 0 fully saturated rings. The summed E-state index contributed by atoms with van der Waals surface area (Å²) in [5.74, 6) is 0.863. The molecule has 0 N–H and O–H groups in total. The maximum atomic E-state index is 8.08. The van der Waals surface area contributed by atoms with Gasteiger partial charge in [0.25, 0.3) is 0 Å². The van der Waals surface area contributed by atoms with Crippen LogP contribution in [0.4, 0.5) is 5.69 Å². The minimum atomic E-state index is 0.658. The summed E-state index contributed by atoms with van der Waals surface area (Å²) in [6.07, 6.45) is 0. The van der Waals surface area contributed by atoms with E-state index in [0.717, 1.165) is 49.3 Å². The van der Waals surface area contributed by atoms with Crippen molar-refractivity contribution in [1.29, 1.82) is 0 Å². The predicted octanol–water partition coefficient (Wildman–Crippen LogP) is 14.9. The van der Waals surface area contributed by atoms with Crippen molar-refractivity contribution in [2.45, 2.75) is 0 Å². The van der Waals surface area contributed by atoms with Gasteiger partial charge >= 0.3 is 0 Å². The fourth-order valence-electron chi connectivity index (χ4n) is 9.58. The molecule has 262 valence electrons. The van der Waals surface area contributed by atoms with Gasteiger partial charge in [-0.2, -0.15) is 0 Å². The maximum Gasteiger partial charge on any atom is 0.195 e. The number of para-hydroxylation sites is 1. The minimum absolute atomic E-state index is 0.658. The first-order chi connectivity index (χ1) is 28.3. The first-order valence-electron chi connectivity index (χ1n) is 19.3. The quantitative estimate of drug-likeness (QED) is 0.101. The van der Waals surface area contributed by atoms with E-state index in [1.807, 2.05) is 18.2 Å². The Hall–Kier alpha value is -7.80. The van der Waals surface area contributed by atoms with Crippen LogP contribution in [-0.2, 0) is 0 Å². The Kier molecular flexibility index (Phi) is 6.70. The summed E-state index contributed by atoms with van der Waals surface area (Å²) in [7, 11) is 0. The number of benzene rings is 10. The molecule has 0 aliphatic rings. The maximum absolute atomic E-state index is 8.08. The van der Waals surface area contributed by atoms with E-state index in [1.165, 1.54) is 65.7 Å². The topological polar surface area (TPSA) is 22.2 Å². The zero-order chi connectivity index (χ0) is 37.6. The molecule has 0 amide bonds. The molecular formula is C54H31N3. The Morgan fingerprint density at radius 3 is 1.58 bits per heavy atom. The number of rotatable bonds is 4. The summed E-state index contributed by atoms with van der Waals surface area (Å²) >= 11 is 0. The molecular weight excluding hydrogens is 691 g/mol. The SMILES string of the molecule is [C-]#[N+]c1ccc2c3c1ccc1c(-c4c5ccccc5c(-c5ccc(-c6ccccc6)c6ccccc56)c5ccccc45)ccc(c13)n2-c1ccc2ccccc2n1. The lowest BCUT2D eigenvalue weighted by molar-refractivity contribution is 1.10. The Balaban J connectivity index is 1.17. The molecule has 12 aromatic rings. The monoisotopic (exact) mass is 721 g/mol. The first kappa shape index (κ1) is 31.5. The van der Waals surface area contributed by atoms with Crippen LogP contribution in [0, 0.1) is 6.57 Å². The fraction of sp³-hybridized carbons (Fsp3) is 0. The third-order valence-corrected chi connectivity index (χ3v) is 12.0. The highest BCUT2D eigenvalue weighted by atomic mass is 15.1. The van der Waals surface area contributed by atoms with E-state index >= 15 is 0 Å². The van der Waals surface area contributed by atoms with Crippen LogP contribution >= 0.6 is 0 Å². The summed E-state index contributed by atoms with van der Waals surface area (Å²) in [5, 5.41) is 12.8. The number of nitrogens with zero attached hydrogens (tertiary/aromatic N) is 3. The van der Waals surface area contributed by atoms with Crippen LogP contribution in [0.5, 0.6) is 0 Å². The summed E-state index contributed by atoms with van der Waals surface area (Å²) in [6.45, 7) is 8.08. The highest BCUT2D eigenvalue weighted by molar-refractivity contribution is 6.31. The summed E-state index contributed by atoms with van der Waals surface area (Å²) < 4.78 is 2.28. The Labute approximate surface area is 328 Å². The molecule has 0 bridgehead atoms. The molecule has 0 spiro atoms. The van der Waals surface area contributed by atoms with E-state index in [1.54, 1.807) is 0 Å². The zero-order valence-corrected chi connectivity index (χ0v) is 30.7. The number of pyridine rings is 1. The van der Waals surface area contributed by atoms with Crippen molar-refractivity contribution in [2.75, 3.05) is 0 Å². The van der Waals surface area contributed by atoms with Gasteiger partial charge in [0.1, 0.15) is 5.82 Å².